The summed E-state index contributed by atoms with van der Waals surface area (Å²) in [5, 5.41) is 2.60. The number of nitrogens with two attached hydrogens (primary N) is 1. The van der Waals surface area contributed by atoms with Crippen LogP contribution in [0.4, 0.5) is 20.2 Å². The Morgan fingerprint density at radius 1 is 1.20 bits per heavy atom. The molecule has 0 aliphatic heterocycles. The summed E-state index contributed by atoms with van der Waals surface area (Å²) >= 11 is 0. The Morgan fingerprint density at radius 3 is 2.50 bits per heavy atom. The van der Waals surface area contributed by atoms with Crippen molar-refractivity contribution in [2.24, 2.45) is 0 Å². The smallest absolute Gasteiger partial charge is 0.229 e. The third kappa shape index (κ3) is 3.12. The molecule has 0 aromatic heterocycles. The SMILES string of the molecule is Cc1ccc(N)cc1NC(=O)Cc1c(F)cccc1F. The molecule has 0 unspecified atom stereocenters. The van der Waals surface area contributed by atoms with Crippen LogP contribution in [0.2, 0.25) is 0 Å². The highest BCUT2D eigenvalue weighted by Gasteiger charge is 2.13. The largest absolute Gasteiger partial charge is 0.399 e. The average Bonchev–Trinajstić information content (AvgIpc) is 2.38. The first kappa shape index (κ1) is 14.0. The van der Waals surface area contributed by atoms with Gasteiger partial charge in [-0.1, -0.05) is 12.1 Å². The summed E-state index contributed by atoms with van der Waals surface area (Å²) in [5.74, 6) is -1.96. The number of halogens is 2. The minimum atomic E-state index is -0.732. The predicted molar refractivity (Wildman–Crippen MR) is 74.3 cm³/mol. The Morgan fingerprint density at radius 2 is 1.85 bits per heavy atom. The van der Waals surface area contributed by atoms with Gasteiger partial charge >= 0.3 is 0 Å². The van der Waals surface area contributed by atoms with Crippen LogP contribution in [-0.4, -0.2) is 5.91 Å². The van der Waals surface area contributed by atoms with Crippen LogP contribution in [0.15, 0.2) is 36.4 Å². The lowest BCUT2D eigenvalue weighted by molar-refractivity contribution is -0.115. The fraction of sp³-hybridized carbons (Fsp3) is 0.133. The highest BCUT2D eigenvalue weighted by atomic mass is 19.1. The molecule has 0 fully saturated rings. The lowest BCUT2D eigenvalue weighted by atomic mass is 10.1. The zero-order chi connectivity index (χ0) is 14.7. The number of hydrogen-bond acceptors (Lipinski definition) is 2. The predicted octanol–water partition coefficient (Wildman–Crippen LogP) is 3.04. The molecule has 0 heterocycles. The molecule has 0 aliphatic rings. The van der Waals surface area contributed by atoms with Gasteiger partial charge in [0.25, 0.3) is 0 Å². The van der Waals surface area contributed by atoms with Crippen molar-refractivity contribution in [3.63, 3.8) is 0 Å². The third-order valence-electron chi connectivity index (χ3n) is 2.93. The third-order valence-corrected chi connectivity index (χ3v) is 2.93. The molecule has 0 saturated carbocycles. The standard InChI is InChI=1S/C15H14F2N2O/c1-9-5-6-10(18)7-14(9)19-15(20)8-11-12(16)3-2-4-13(11)17/h2-7H,8,18H2,1H3,(H,19,20). The number of rotatable bonds is 3. The fourth-order valence-corrected chi connectivity index (χ4v) is 1.83. The van der Waals surface area contributed by atoms with Crippen molar-refractivity contribution in [3.8, 4) is 0 Å². The molecule has 2 rings (SSSR count). The summed E-state index contributed by atoms with van der Waals surface area (Å²) in [7, 11) is 0. The van der Waals surface area contributed by atoms with E-state index in [0.29, 0.717) is 11.4 Å². The number of hydrogen-bond donors (Lipinski definition) is 2. The number of amides is 1. The number of carbonyl (C=O) groups excluding carboxylic acids is 1. The molecule has 3 nitrogen and oxygen atoms in total. The van der Waals surface area contributed by atoms with Crippen LogP contribution >= 0.6 is 0 Å². The minimum Gasteiger partial charge on any atom is -0.399 e. The van der Waals surface area contributed by atoms with Crippen LogP contribution in [-0.2, 0) is 11.2 Å². The van der Waals surface area contributed by atoms with Gasteiger partial charge in [-0.2, -0.15) is 0 Å². The van der Waals surface area contributed by atoms with Gasteiger partial charge in [0.1, 0.15) is 11.6 Å². The van der Waals surface area contributed by atoms with Crippen LogP contribution in [0.3, 0.4) is 0 Å². The minimum absolute atomic E-state index is 0.244. The summed E-state index contributed by atoms with van der Waals surface area (Å²) in [6, 6.07) is 8.57. The van der Waals surface area contributed by atoms with Crippen molar-refractivity contribution in [1.82, 2.24) is 0 Å². The zero-order valence-electron chi connectivity index (χ0n) is 10.9. The quantitative estimate of drug-likeness (QED) is 0.847. The maximum atomic E-state index is 13.5. The number of nitrogen functional groups attached to an aromatic ring is 1. The highest BCUT2D eigenvalue weighted by molar-refractivity contribution is 5.93. The molecule has 1 amide bonds. The fourth-order valence-electron chi connectivity index (χ4n) is 1.83. The van der Waals surface area contributed by atoms with Crippen LogP contribution < -0.4 is 11.1 Å². The Labute approximate surface area is 115 Å². The van der Waals surface area contributed by atoms with E-state index in [1.54, 1.807) is 25.1 Å². The van der Waals surface area contributed by atoms with Gasteiger partial charge < -0.3 is 11.1 Å². The van der Waals surface area contributed by atoms with Crippen LogP contribution in [0, 0.1) is 18.6 Å². The van der Waals surface area contributed by atoms with Crippen molar-refractivity contribution in [2.75, 3.05) is 11.1 Å². The maximum Gasteiger partial charge on any atom is 0.229 e. The van der Waals surface area contributed by atoms with Crippen molar-refractivity contribution in [2.45, 2.75) is 13.3 Å². The summed E-state index contributed by atoms with van der Waals surface area (Å²) in [6.45, 7) is 1.80. The number of carbonyl (C=O) groups is 1. The molecule has 0 spiro atoms. The van der Waals surface area contributed by atoms with Crippen LogP contribution in [0.25, 0.3) is 0 Å². The van der Waals surface area contributed by atoms with Gasteiger partial charge in [0, 0.05) is 16.9 Å². The number of nitrogens with one attached hydrogen (secondary N) is 1. The van der Waals surface area contributed by atoms with E-state index in [-0.39, 0.29) is 12.0 Å². The normalized spacial score (nSPS) is 10.3. The molecule has 0 atom stereocenters. The Bertz CT molecular complexity index is 636. The first-order valence-corrected chi connectivity index (χ1v) is 6.06. The second-order valence-electron chi connectivity index (χ2n) is 4.50. The van der Waals surface area contributed by atoms with E-state index < -0.39 is 17.5 Å². The number of aryl methyl sites for hydroxylation is 1. The molecule has 0 bridgehead atoms. The van der Waals surface area contributed by atoms with E-state index in [0.717, 1.165) is 17.7 Å². The maximum absolute atomic E-state index is 13.5. The Kier molecular flexibility index (Phi) is 3.98. The topological polar surface area (TPSA) is 55.1 Å². The lowest BCUT2D eigenvalue weighted by Gasteiger charge is -2.10. The average molecular weight is 276 g/mol. The molecular weight excluding hydrogens is 262 g/mol. The van der Waals surface area contributed by atoms with Gasteiger partial charge in [-0.15, -0.1) is 0 Å². The molecule has 3 N–H and O–H groups in total. The molecule has 0 aliphatic carbocycles. The summed E-state index contributed by atoms with van der Waals surface area (Å²) in [6.07, 6.45) is -0.368. The monoisotopic (exact) mass is 276 g/mol. The van der Waals surface area contributed by atoms with Gasteiger partial charge in [0.05, 0.1) is 6.42 Å². The molecule has 20 heavy (non-hydrogen) atoms. The molecular formula is C15H14F2N2O. The zero-order valence-corrected chi connectivity index (χ0v) is 10.9. The van der Waals surface area contributed by atoms with Gasteiger partial charge in [-0.25, -0.2) is 8.78 Å². The number of anilines is 2. The van der Waals surface area contributed by atoms with E-state index in [1.807, 2.05) is 0 Å². The first-order valence-electron chi connectivity index (χ1n) is 6.06. The molecule has 0 saturated heterocycles. The molecule has 2 aromatic rings. The van der Waals surface area contributed by atoms with Crippen molar-refractivity contribution in [1.29, 1.82) is 0 Å². The molecule has 0 radical (unpaired) electrons. The van der Waals surface area contributed by atoms with Crippen molar-refractivity contribution in [3.05, 3.63) is 59.2 Å². The van der Waals surface area contributed by atoms with Crippen LogP contribution in [0.1, 0.15) is 11.1 Å². The van der Waals surface area contributed by atoms with Crippen LogP contribution in [0.5, 0.6) is 0 Å². The summed E-state index contributed by atoms with van der Waals surface area (Å²) in [4.78, 5) is 11.9. The molecule has 104 valence electrons. The van der Waals surface area contributed by atoms with Gasteiger partial charge in [-0.3, -0.25) is 4.79 Å². The second-order valence-corrected chi connectivity index (χ2v) is 4.50. The summed E-state index contributed by atoms with van der Waals surface area (Å²) in [5.41, 5.74) is 7.25. The highest BCUT2D eigenvalue weighted by Crippen LogP contribution is 2.19. The van der Waals surface area contributed by atoms with Crippen molar-refractivity contribution < 1.29 is 13.6 Å². The van der Waals surface area contributed by atoms with E-state index in [4.69, 9.17) is 5.73 Å². The van der Waals surface area contributed by atoms with E-state index in [2.05, 4.69) is 5.32 Å². The Balaban J connectivity index is 2.15. The lowest BCUT2D eigenvalue weighted by Crippen LogP contribution is -2.17. The van der Waals surface area contributed by atoms with E-state index >= 15 is 0 Å². The summed E-state index contributed by atoms with van der Waals surface area (Å²) < 4.78 is 26.9. The van der Waals surface area contributed by atoms with Crippen molar-refractivity contribution >= 4 is 17.3 Å². The van der Waals surface area contributed by atoms with Gasteiger partial charge in [-0.05, 0) is 36.8 Å². The number of benzene rings is 2. The molecule has 5 heteroatoms. The van der Waals surface area contributed by atoms with E-state index in [1.165, 1.54) is 6.07 Å². The van der Waals surface area contributed by atoms with Gasteiger partial charge in [0.2, 0.25) is 5.91 Å². The van der Waals surface area contributed by atoms with E-state index in [9.17, 15) is 13.6 Å². The second kappa shape index (κ2) is 5.69. The molecule has 2 aromatic carbocycles. The van der Waals surface area contributed by atoms with Gasteiger partial charge in [0.15, 0.2) is 0 Å². The Hall–Kier alpha value is -2.43. The first-order chi connectivity index (χ1) is 9.47.